The van der Waals surface area contributed by atoms with Gasteiger partial charge in [0.15, 0.2) is 0 Å². The van der Waals surface area contributed by atoms with E-state index in [9.17, 15) is 4.79 Å². The molecule has 21 heavy (non-hydrogen) atoms. The first-order valence-electron chi connectivity index (χ1n) is 6.17. The number of nitrogens with one attached hydrogen (secondary N) is 1. The summed E-state index contributed by atoms with van der Waals surface area (Å²) >= 11 is 6.12. The largest absolute Gasteiger partial charge is 0.289 e. The lowest BCUT2D eigenvalue weighted by molar-refractivity contribution is 0.102. The van der Waals surface area contributed by atoms with Crippen LogP contribution in [0.25, 0.3) is 5.78 Å². The van der Waals surface area contributed by atoms with Gasteiger partial charge in [-0.15, -0.1) is 5.10 Å². The van der Waals surface area contributed by atoms with E-state index in [0.717, 1.165) is 0 Å². The summed E-state index contributed by atoms with van der Waals surface area (Å²) in [6, 6.07) is 3.34. The highest BCUT2D eigenvalue weighted by Gasteiger charge is 2.14. The quantitative estimate of drug-likeness (QED) is 0.783. The Kier molecular flexibility index (Phi) is 3.26. The van der Waals surface area contributed by atoms with E-state index in [1.54, 1.807) is 25.3 Å². The first-order valence-corrected chi connectivity index (χ1v) is 6.55. The number of fused-ring (bicyclic) bond motifs is 1. The third-order valence-corrected chi connectivity index (χ3v) is 3.51. The second-order valence-electron chi connectivity index (χ2n) is 4.44. The minimum absolute atomic E-state index is 0.168. The number of amides is 1. The van der Waals surface area contributed by atoms with Crippen LogP contribution in [-0.2, 0) is 0 Å². The number of pyridine rings is 1. The molecule has 0 aliphatic rings. The summed E-state index contributed by atoms with van der Waals surface area (Å²) in [4.78, 5) is 24.3. The highest BCUT2D eigenvalue weighted by atomic mass is 35.5. The van der Waals surface area contributed by atoms with Crippen LogP contribution in [0.3, 0.4) is 0 Å². The smallest absolute Gasteiger partial charge is 0.259 e. The molecule has 0 spiro atoms. The third-order valence-electron chi connectivity index (χ3n) is 2.96. The summed E-state index contributed by atoms with van der Waals surface area (Å²) in [5, 5.41) is 7.32. The lowest BCUT2D eigenvalue weighted by Crippen LogP contribution is -2.13. The fraction of sp³-hybridized carbons (Fsp3) is 0.154. The van der Waals surface area contributed by atoms with Gasteiger partial charge >= 0.3 is 0 Å². The summed E-state index contributed by atoms with van der Waals surface area (Å²) in [6.07, 6.45) is 3.06. The van der Waals surface area contributed by atoms with Crippen LogP contribution < -0.4 is 5.32 Å². The van der Waals surface area contributed by atoms with E-state index >= 15 is 0 Å². The Bertz CT molecular complexity index is 830. The molecule has 0 fully saturated rings. The van der Waals surface area contributed by atoms with Gasteiger partial charge in [-0.3, -0.25) is 15.1 Å². The molecule has 0 aliphatic heterocycles. The number of aromatic nitrogens is 5. The number of nitrogens with zero attached hydrogens (tertiary/aromatic N) is 5. The zero-order valence-electron chi connectivity index (χ0n) is 11.3. The van der Waals surface area contributed by atoms with Crippen LogP contribution in [-0.4, -0.2) is 30.5 Å². The molecule has 0 saturated carbocycles. The molecule has 3 aromatic rings. The average molecular weight is 303 g/mol. The van der Waals surface area contributed by atoms with E-state index in [1.807, 2.05) is 6.92 Å². The van der Waals surface area contributed by atoms with Crippen molar-refractivity contribution in [3.63, 3.8) is 0 Å². The van der Waals surface area contributed by atoms with Gasteiger partial charge in [0.05, 0.1) is 22.0 Å². The van der Waals surface area contributed by atoms with Crippen LogP contribution in [0.4, 0.5) is 5.95 Å². The molecule has 0 saturated heterocycles. The van der Waals surface area contributed by atoms with E-state index in [0.29, 0.717) is 27.8 Å². The third kappa shape index (κ3) is 2.43. The van der Waals surface area contributed by atoms with Crippen LogP contribution in [0.1, 0.15) is 21.7 Å². The molecule has 106 valence electrons. The molecule has 0 aromatic carbocycles. The van der Waals surface area contributed by atoms with Crippen molar-refractivity contribution >= 4 is 29.2 Å². The lowest BCUT2D eigenvalue weighted by atomic mass is 10.3. The molecule has 0 unspecified atom stereocenters. The Morgan fingerprint density at radius 1 is 1.33 bits per heavy atom. The van der Waals surface area contributed by atoms with E-state index in [-0.39, 0.29) is 11.9 Å². The molecule has 8 heteroatoms. The molecule has 0 aliphatic carbocycles. The van der Waals surface area contributed by atoms with E-state index in [1.165, 1.54) is 10.7 Å². The zero-order valence-corrected chi connectivity index (χ0v) is 12.1. The van der Waals surface area contributed by atoms with Crippen molar-refractivity contribution in [2.75, 3.05) is 5.32 Å². The fourth-order valence-electron chi connectivity index (χ4n) is 1.88. The Morgan fingerprint density at radius 2 is 2.14 bits per heavy atom. The summed E-state index contributed by atoms with van der Waals surface area (Å²) < 4.78 is 1.49. The Hall–Kier alpha value is -2.54. The summed E-state index contributed by atoms with van der Waals surface area (Å²) in [7, 11) is 0. The van der Waals surface area contributed by atoms with Crippen molar-refractivity contribution < 1.29 is 4.79 Å². The maximum atomic E-state index is 12.0. The zero-order chi connectivity index (χ0) is 15.0. The van der Waals surface area contributed by atoms with Gasteiger partial charge in [0, 0.05) is 12.4 Å². The molecule has 1 amide bonds. The highest BCUT2D eigenvalue weighted by molar-refractivity contribution is 6.31. The molecule has 0 atom stereocenters. The van der Waals surface area contributed by atoms with Crippen LogP contribution in [0.15, 0.2) is 24.5 Å². The molecule has 3 heterocycles. The fourth-order valence-corrected chi connectivity index (χ4v) is 2.00. The van der Waals surface area contributed by atoms with Crippen molar-refractivity contribution in [2.45, 2.75) is 13.8 Å². The second kappa shape index (κ2) is 5.10. The van der Waals surface area contributed by atoms with Gasteiger partial charge in [-0.2, -0.15) is 9.50 Å². The van der Waals surface area contributed by atoms with Crippen LogP contribution in [0.2, 0.25) is 5.02 Å². The van der Waals surface area contributed by atoms with Crippen LogP contribution in [0, 0.1) is 13.8 Å². The predicted molar refractivity (Wildman–Crippen MR) is 77.5 cm³/mol. The minimum atomic E-state index is -0.334. The van der Waals surface area contributed by atoms with Gasteiger partial charge in [0.1, 0.15) is 0 Å². The van der Waals surface area contributed by atoms with Gasteiger partial charge in [-0.05, 0) is 26.0 Å². The number of rotatable bonds is 2. The average Bonchev–Trinajstić information content (AvgIpc) is 2.88. The minimum Gasteiger partial charge on any atom is -0.289 e. The number of carbonyl (C=O) groups excluding carboxylic acids is 1. The molecule has 0 bridgehead atoms. The van der Waals surface area contributed by atoms with Gasteiger partial charge in [-0.25, -0.2) is 4.98 Å². The van der Waals surface area contributed by atoms with Crippen molar-refractivity contribution in [1.82, 2.24) is 24.6 Å². The maximum absolute atomic E-state index is 12.0. The second-order valence-corrected chi connectivity index (χ2v) is 4.82. The van der Waals surface area contributed by atoms with Gasteiger partial charge in [0.2, 0.25) is 0 Å². The van der Waals surface area contributed by atoms with Gasteiger partial charge in [-0.1, -0.05) is 11.6 Å². The van der Waals surface area contributed by atoms with Crippen LogP contribution in [0.5, 0.6) is 0 Å². The number of hydrogen-bond acceptors (Lipinski definition) is 5. The summed E-state index contributed by atoms with van der Waals surface area (Å²) in [5.74, 6) is 0.219. The maximum Gasteiger partial charge on any atom is 0.259 e. The van der Waals surface area contributed by atoms with Crippen molar-refractivity contribution in [3.05, 3.63) is 46.5 Å². The van der Waals surface area contributed by atoms with Crippen molar-refractivity contribution in [2.24, 2.45) is 0 Å². The van der Waals surface area contributed by atoms with Crippen molar-refractivity contribution in [3.8, 4) is 0 Å². The summed E-state index contributed by atoms with van der Waals surface area (Å²) in [6.45, 7) is 3.60. The van der Waals surface area contributed by atoms with E-state index in [4.69, 9.17) is 11.6 Å². The van der Waals surface area contributed by atoms with E-state index in [2.05, 4.69) is 25.4 Å². The van der Waals surface area contributed by atoms with Gasteiger partial charge < -0.3 is 0 Å². The first kappa shape index (κ1) is 13.4. The molecule has 3 rings (SSSR count). The SMILES string of the molecule is Cc1nc2nc(NC(=O)c3cccnc3)nn2c(C)c1Cl. The number of halogens is 1. The standard InChI is InChI=1S/C13H11ClN6O/c1-7-10(14)8(2)20-13(16-7)18-12(19-20)17-11(21)9-4-3-5-15-6-9/h3-6H,1-2H3,(H,17,19,21). The number of carbonyl (C=O) groups is 1. The molecular formula is C13H11ClN6O. The highest BCUT2D eigenvalue weighted by Crippen LogP contribution is 2.19. The number of anilines is 1. The first-order chi connectivity index (χ1) is 10.1. The Morgan fingerprint density at radius 3 is 2.86 bits per heavy atom. The monoisotopic (exact) mass is 302 g/mol. The molecule has 3 aromatic heterocycles. The molecular weight excluding hydrogens is 292 g/mol. The topological polar surface area (TPSA) is 85.1 Å². The van der Waals surface area contributed by atoms with Crippen LogP contribution >= 0.6 is 11.6 Å². The van der Waals surface area contributed by atoms with Crippen molar-refractivity contribution in [1.29, 1.82) is 0 Å². The predicted octanol–water partition coefficient (Wildman–Crippen LogP) is 2.04. The molecule has 7 nitrogen and oxygen atoms in total. The Labute approximate surface area is 125 Å². The van der Waals surface area contributed by atoms with E-state index < -0.39 is 0 Å². The molecule has 0 radical (unpaired) electrons. The van der Waals surface area contributed by atoms with Gasteiger partial charge in [0.25, 0.3) is 17.6 Å². The summed E-state index contributed by atoms with van der Waals surface area (Å²) in [5.41, 5.74) is 1.81. The number of hydrogen-bond donors (Lipinski definition) is 1. The normalized spacial score (nSPS) is 10.8. The number of aryl methyl sites for hydroxylation is 2. The molecule has 1 N–H and O–H groups in total. The Balaban J connectivity index is 1.95. The lowest BCUT2D eigenvalue weighted by Gasteiger charge is -2.02.